The number of carbonyl (C=O) groups is 1. The molecule has 0 radical (unpaired) electrons. The molecule has 3 nitrogen and oxygen atoms in total. The highest BCUT2D eigenvalue weighted by molar-refractivity contribution is 5.75. The van der Waals surface area contributed by atoms with E-state index in [0.717, 1.165) is 0 Å². The molecule has 0 spiro atoms. The predicted molar refractivity (Wildman–Crippen MR) is 35.0 cm³/mol. The lowest BCUT2D eigenvalue weighted by Gasteiger charge is -2.08. The monoisotopic (exact) mass is 131 g/mol. The molecule has 0 heterocycles. The van der Waals surface area contributed by atoms with E-state index in [2.05, 4.69) is 5.32 Å². The number of carbonyl (C=O) groups excluding carboxylic acids is 1. The first kappa shape index (κ1) is 8.43. The lowest BCUT2D eigenvalue weighted by molar-refractivity contribution is -0.121. The standard InChI is InChI=1S/C6H13NO2/c1-3-6(9)7-5(2)4-8/h5,8H,3-4H2,1-2H3,(H,7,9). The van der Waals surface area contributed by atoms with Gasteiger partial charge in [0.25, 0.3) is 0 Å². The van der Waals surface area contributed by atoms with Gasteiger partial charge in [0.05, 0.1) is 6.61 Å². The second kappa shape index (κ2) is 4.32. The molecule has 0 aliphatic rings. The third kappa shape index (κ3) is 3.97. The van der Waals surface area contributed by atoms with Crippen LogP contribution in [-0.2, 0) is 4.79 Å². The SMILES string of the molecule is CCC(=O)NC(C)CO. The van der Waals surface area contributed by atoms with Gasteiger partial charge in [-0.3, -0.25) is 4.79 Å². The Balaban J connectivity index is 3.34. The molecule has 0 saturated heterocycles. The van der Waals surface area contributed by atoms with Gasteiger partial charge < -0.3 is 10.4 Å². The number of hydrogen-bond donors (Lipinski definition) is 2. The van der Waals surface area contributed by atoms with E-state index in [0.29, 0.717) is 6.42 Å². The van der Waals surface area contributed by atoms with Crippen molar-refractivity contribution in [2.45, 2.75) is 26.3 Å². The Morgan fingerprint density at radius 2 is 2.33 bits per heavy atom. The highest BCUT2D eigenvalue weighted by atomic mass is 16.3. The molecule has 0 saturated carbocycles. The van der Waals surface area contributed by atoms with Crippen LogP contribution in [0.3, 0.4) is 0 Å². The lowest BCUT2D eigenvalue weighted by atomic mass is 10.3. The van der Waals surface area contributed by atoms with Gasteiger partial charge in [-0.1, -0.05) is 6.92 Å². The molecule has 0 aliphatic heterocycles. The van der Waals surface area contributed by atoms with Crippen molar-refractivity contribution >= 4 is 5.91 Å². The average Bonchev–Trinajstić information content (AvgIpc) is 1.87. The van der Waals surface area contributed by atoms with Gasteiger partial charge in [0.2, 0.25) is 5.91 Å². The second-order valence-electron chi connectivity index (χ2n) is 2.00. The molecular formula is C6H13NO2. The quantitative estimate of drug-likeness (QED) is 0.561. The molecule has 54 valence electrons. The van der Waals surface area contributed by atoms with Gasteiger partial charge in [0.1, 0.15) is 0 Å². The number of aliphatic hydroxyl groups is 1. The molecule has 0 rings (SSSR count). The van der Waals surface area contributed by atoms with Crippen molar-refractivity contribution in [2.24, 2.45) is 0 Å². The van der Waals surface area contributed by atoms with E-state index < -0.39 is 0 Å². The summed E-state index contributed by atoms with van der Waals surface area (Å²) in [4.78, 5) is 10.6. The Morgan fingerprint density at radius 3 is 2.67 bits per heavy atom. The summed E-state index contributed by atoms with van der Waals surface area (Å²) >= 11 is 0. The van der Waals surface area contributed by atoms with Gasteiger partial charge in [-0.25, -0.2) is 0 Å². The van der Waals surface area contributed by atoms with Crippen molar-refractivity contribution < 1.29 is 9.90 Å². The molecule has 2 N–H and O–H groups in total. The van der Waals surface area contributed by atoms with Crippen molar-refractivity contribution in [2.75, 3.05) is 6.61 Å². The fourth-order valence-electron chi connectivity index (χ4n) is 0.423. The molecule has 0 aromatic heterocycles. The number of nitrogens with one attached hydrogen (secondary N) is 1. The van der Waals surface area contributed by atoms with Crippen molar-refractivity contribution in [1.29, 1.82) is 0 Å². The lowest BCUT2D eigenvalue weighted by Crippen LogP contribution is -2.34. The molecule has 0 aliphatic carbocycles. The van der Waals surface area contributed by atoms with Crippen molar-refractivity contribution in [3.63, 3.8) is 0 Å². The summed E-state index contributed by atoms with van der Waals surface area (Å²) < 4.78 is 0. The first-order valence-electron chi connectivity index (χ1n) is 3.11. The Hall–Kier alpha value is -0.570. The largest absolute Gasteiger partial charge is 0.394 e. The van der Waals surface area contributed by atoms with Crippen LogP contribution in [0.5, 0.6) is 0 Å². The van der Waals surface area contributed by atoms with Gasteiger partial charge in [0, 0.05) is 12.5 Å². The summed E-state index contributed by atoms with van der Waals surface area (Å²) in [6, 6.07) is -0.113. The maximum Gasteiger partial charge on any atom is 0.220 e. The van der Waals surface area contributed by atoms with Crippen LogP contribution in [0, 0.1) is 0 Å². The summed E-state index contributed by atoms with van der Waals surface area (Å²) in [7, 11) is 0. The van der Waals surface area contributed by atoms with Crippen LogP contribution in [0.2, 0.25) is 0 Å². The van der Waals surface area contributed by atoms with Gasteiger partial charge in [0.15, 0.2) is 0 Å². The second-order valence-corrected chi connectivity index (χ2v) is 2.00. The third-order valence-corrected chi connectivity index (χ3v) is 1.00. The van der Waals surface area contributed by atoms with Crippen LogP contribution in [0.1, 0.15) is 20.3 Å². The predicted octanol–water partition coefficient (Wildman–Crippen LogP) is -0.107. The summed E-state index contributed by atoms with van der Waals surface area (Å²) in [5.74, 6) is -0.0171. The van der Waals surface area contributed by atoms with E-state index in [1.165, 1.54) is 0 Å². The minimum Gasteiger partial charge on any atom is -0.394 e. The Kier molecular flexibility index (Phi) is 4.05. The summed E-state index contributed by atoms with van der Waals surface area (Å²) in [6.45, 7) is 3.54. The van der Waals surface area contributed by atoms with Crippen LogP contribution >= 0.6 is 0 Å². The number of rotatable bonds is 3. The van der Waals surface area contributed by atoms with E-state index in [1.54, 1.807) is 13.8 Å². The Morgan fingerprint density at radius 1 is 1.78 bits per heavy atom. The molecule has 3 heteroatoms. The molecule has 1 amide bonds. The normalized spacial score (nSPS) is 12.8. The van der Waals surface area contributed by atoms with E-state index >= 15 is 0 Å². The van der Waals surface area contributed by atoms with Crippen molar-refractivity contribution in [3.05, 3.63) is 0 Å². The van der Waals surface area contributed by atoms with Gasteiger partial charge in [-0.05, 0) is 6.92 Å². The van der Waals surface area contributed by atoms with Crippen LogP contribution < -0.4 is 5.32 Å². The summed E-state index contributed by atoms with van der Waals surface area (Å²) in [5.41, 5.74) is 0. The Bertz CT molecular complexity index is 93.1. The minimum absolute atomic E-state index is 0.00569. The average molecular weight is 131 g/mol. The number of hydrogen-bond acceptors (Lipinski definition) is 2. The van der Waals surface area contributed by atoms with Crippen LogP contribution in [-0.4, -0.2) is 23.7 Å². The summed E-state index contributed by atoms with van der Waals surface area (Å²) in [6.07, 6.45) is 0.477. The minimum atomic E-state index is -0.113. The Labute approximate surface area is 55.1 Å². The number of aliphatic hydroxyl groups excluding tert-OH is 1. The van der Waals surface area contributed by atoms with Gasteiger partial charge >= 0.3 is 0 Å². The zero-order valence-corrected chi connectivity index (χ0v) is 5.85. The van der Waals surface area contributed by atoms with E-state index in [-0.39, 0.29) is 18.6 Å². The van der Waals surface area contributed by atoms with Crippen LogP contribution in [0.15, 0.2) is 0 Å². The molecule has 0 bridgehead atoms. The van der Waals surface area contributed by atoms with Gasteiger partial charge in [-0.2, -0.15) is 0 Å². The highest BCUT2D eigenvalue weighted by Crippen LogP contribution is 1.80. The van der Waals surface area contributed by atoms with Crippen molar-refractivity contribution in [3.8, 4) is 0 Å². The smallest absolute Gasteiger partial charge is 0.220 e. The number of amides is 1. The fourth-order valence-corrected chi connectivity index (χ4v) is 0.423. The van der Waals surface area contributed by atoms with E-state index in [4.69, 9.17) is 5.11 Å². The fraction of sp³-hybridized carbons (Fsp3) is 0.833. The maximum atomic E-state index is 10.6. The first-order valence-corrected chi connectivity index (χ1v) is 3.11. The van der Waals surface area contributed by atoms with E-state index in [1.807, 2.05) is 0 Å². The molecule has 0 fully saturated rings. The molecule has 0 aromatic carbocycles. The topological polar surface area (TPSA) is 49.3 Å². The van der Waals surface area contributed by atoms with Crippen molar-refractivity contribution in [1.82, 2.24) is 5.32 Å². The summed E-state index contributed by atoms with van der Waals surface area (Å²) in [5, 5.41) is 11.1. The highest BCUT2D eigenvalue weighted by Gasteiger charge is 2.01. The molecule has 1 atom stereocenters. The van der Waals surface area contributed by atoms with Crippen LogP contribution in [0.4, 0.5) is 0 Å². The van der Waals surface area contributed by atoms with E-state index in [9.17, 15) is 4.79 Å². The molecule has 9 heavy (non-hydrogen) atoms. The van der Waals surface area contributed by atoms with Crippen LogP contribution in [0.25, 0.3) is 0 Å². The maximum absolute atomic E-state index is 10.6. The third-order valence-electron chi connectivity index (χ3n) is 1.00. The zero-order valence-electron chi connectivity index (χ0n) is 5.85. The van der Waals surface area contributed by atoms with Gasteiger partial charge in [-0.15, -0.1) is 0 Å². The first-order chi connectivity index (χ1) is 4.20. The zero-order chi connectivity index (χ0) is 7.28. The molecular weight excluding hydrogens is 118 g/mol. The molecule has 0 aromatic rings. The molecule has 1 unspecified atom stereocenters.